The Morgan fingerprint density at radius 3 is 1.18 bits per heavy atom. The highest BCUT2D eigenvalue weighted by atomic mass is 16.8. The molecule has 34 nitrogen and oxygen atoms in total. The van der Waals surface area contributed by atoms with Crippen molar-refractivity contribution in [2.24, 2.45) is 15.3 Å². The zero-order valence-corrected chi connectivity index (χ0v) is 51.8. The number of ether oxygens (including phenoxy) is 16. The predicted octanol–water partition coefficient (Wildman–Crippen LogP) is 3.81. The molecule has 7 N–H and O–H groups in total. The van der Waals surface area contributed by atoms with Crippen LogP contribution in [-0.2, 0) is 85.4 Å². The zero-order valence-electron chi connectivity index (χ0n) is 51.8. The van der Waals surface area contributed by atoms with Gasteiger partial charge in [0.05, 0.1) is 38.1 Å². The molecule has 0 radical (unpaired) electrons. The lowest BCUT2D eigenvalue weighted by Crippen LogP contribution is -2.69. The largest absolute Gasteiger partial charge is 0.479 e. The van der Waals surface area contributed by atoms with Gasteiger partial charge < -0.3 is 112 Å². The first-order chi connectivity index (χ1) is 43.1. The van der Waals surface area contributed by atoms with Crippen LogP contribution in [0.5, 0.6) is 0 Å². The van der Waals surface area contributed by atoms with Gasteiger partial charge in [0.25, 0.3) is 0 Å². The van der Waals surface area contributed by atoms with Crippen LogP contribution in [0.1, 0.15) is 119 Å². The summed E-state index contributed by atoms with van der Waals surface area (Å²) in [6.45, 7) is 9.62. The topological polar surface area (TPSA) is 470 Å². The number of carboxylic acids is 2. The second-order valence-electron chi connectivity index (χ2n) is 22.0. The molecule has 0 saturated carbocycles. The predicted molar refractivity (Wildman–Crippen MR) is 305 cm³/mol. The van der Waals surface area contributed by atoms with E-state index in [4.69, 9.17) is 75.8 Å². The first kappa shape index (κ1) is 75.7. The van der Waals surface area contributed by atoms with Crippen LogP contribution in [0.4, 0.5) is 0 Å². The van der Waals surface area contributed by atoms with Crippen molar-refractivity contribution in [2.75, 3.05) is 66.6 Å². The van der Waals surface area contributed by atoms with Crippen LogP contribution in [0.25, 0.3) is 31.3 Å². The second-order valence-corrected chi connectivity index (χ2v) is 22.0. The van der Waals surface area contributed by atoms with Crippen LogP contribution in [-0.4, -0.2) is 268 Å². The van der Waals surface area contributed by atoms with Gasteiger partial charge in [0.2, 0.25) is 0 Å². The molecule has 0 amide bonds. The molecule has 89 heavy (non-hydrogen) atoms. The van der Waals surface area contributed by atoms with Crippen LogP contribution in [0.2, 0.25) is 0 Å². The van der Waals surface area contributed by atoms with Gasteiger partial charge in [-0.05, 0) is 55.1 Å². The Hall–Kier alpha value is -3.97. The maximum Gasteiger partial charge on any atom is 0.335 e. The summed E-state index contributed by atoms with van der Waals surface area (Å²) in [4.78, 5) is 35.9. The molecule has 0 aromatic carbocycles. The number of unbranched alkanes of at least 4 members (excludes halogenated alkanes) is 6. The summed E-state index contributed by atoms with van der Waals surface area (Å²) in [5, 5.41) is 90.4. The maximum absolute atomic E-state index is 13.6. The van der Waals surface area contributed by atoms with Gasteiger partial charge in [-0.3, -0.25) is 0 Å². The molecule has 0 spiro atoms. The highest BCUT2D eigenvalue weighted by molar-refractivity contribution is 5.74. The molecular weight excluding hydrogens is 1190 g/mol. The van der Waals surface area contributed by atoms with Crippen molar-refractivity contribution in [3.8, 4) is 0 Å². The Morgan fingerprint density at radius 1 is 0.393 bits per heavy atom. The Kier molecular flexibility index (Phi) is 34.2. The number of aliphatic hydroxyl groups is 5. The van der Waals surface area contributed by atoms with Gasteiger partial charge in [0, 0.05) is 61.5 Å². The smallest absolute Gasteiger partial charge is 0.335 e. The molecule has 5 aliphatic rings. The average Bonchev–Trinajstić information content (AvgIpc) is 1.59. The van der Waals surface area contributed by atoms with Gasteiger partial charge in [0.15, 0.2) is 43.7 Å². The Morgan fingerprint density at radius 2 is 0.730 bits per heavy atom. The van der Waals surface area contributed by atoms with Crippen molar-refractivity contribution in [1.82, 2.24) is 0 Å². The quantitative estimate of drug-likeness (QED) is 0.0198. The van der Waals surface area contributed by atoms with Crippen LogP contribution in [0, 0.1) is 0 Å². The molecule has 0 aliphatic carbocycles. The SMILES string of the molecule is CCCCOC1[C@@H](O[C@@H]2OC(CO)[C@@H](O[C@@H]3OC(C(=O)O)[C@@H](O[C@H]4OC(CO)[C@@H](OCCCC)[C@H](OCCCC)C4N=[N+]=[N-])C(OCCCC)[C@@H]3OCCCC)[C@H](O)C2N=[N+]=[N-])C(C(=O)O)O[C@@H](O[C@@H]2C(CO)O[C@H](OC)C(N=[N+]=[N-])[C@H]2OCCCC)[C@H]1O. The summed E-state index contributed by atoms with van der Waals surface area (Å²) in [6.07, 6.45) is -28.3. The van der Waals surface area contributed by atoms with E-state index in [1.807, 2.05) is 41.5 Å². The molecular formula is C55H95N9O25. The minimum Gasteiger partial charge on any atom is -0.479 e. The number of hydrogen-bond acceptors (Lipinski definition) is 26. The summed E-state index contributed by atoms with van der Waals surface area (Å²) in [5.74, 6) is -3.31. The summed E-state index contributed by atoms with van der Waals surface area (Å²) in [6, 6.07) is -4.44. The maximum atomic E-state index is 13.6. The van der Waals surface area contributed by atoms with Gasteiger partial charge in [0.1, 0.15) is 91.4 Å². The minimum absolute atomic E-state index is 0.00653. The summed E-state index contributed by atoms with van der Waals surface area (Å²) >= 11 is 0. The van der Waals surface area contributed by atoms with E-state index in [0.717, 1.165) is 12.8 Å². The monoisotopic (exact) mass is 1280 g/mol. The summed E-state index contributed by atoms with van der Waals surface area (Å²) in [7, 11) is 1.28. The molecule has 510 valence electrons. The molecule has 25 atom stereocenters. The fraction of sp³-hybridized carbons (Fsp3) is 0.964. The zero-order chi connectivity index (χ0) is 65.0. The molecule has 5 heterocycles. The van der Waals surface area contributed by atoms with Crippen molar-refractivity contribution < 1.29 is 121 Å². The van der Waals surface area contributed by atoms with Crippen molar-refractivity contribution in [1.29, 1.82) is 0 Å². The molecule has 0 aromatic heterocycles. The van der Waals surface area contributed by atoms with E-state index >= 15 is 0 Å². The average molecular weight is 1280 g/mol. The van der Waals surface area contributed by atoms with E-state index in [1.165, 1.54) is 7.11 Å². The lowest BCUT2D eigenvalue weighted by Gasteiger charge is -2.51. The molecule has 5 rings (SSSR count). The molecule has 5 saturated heterocycles. The first-order valence-corrected chi connectivity index (χ1v) is 31.0. The van der Waals surface area contributed by atoms with Crippen molar-refractivity contribution in [2.45, 2.75) is 272 Å². The van der Waals surface area contributed by atoms with Crippen molar-refractivity contribution in [3.63, 3.8) is 0 Å². The normalized spacial score (nSPS) is 37.4. The fourth-order valence-electron chi connectivity index (χ4n) is 10.9. The van der Waals surface area contributed by atoms with Gasteiger partial charge in [-0.2, -0.15) is 0 Å². The number of nitrogens with zero attached hydrogens (tertiary/aromatic N) is 9. The first-order valence-electron chi connectivity index (χ1n) is 31.0. The van der Waals surface area contributed by atoms with Crippen LogP contribution in [0.3, 0.4) is 0 Å². The third-order valence-corrected chi connectivity index (χ3v) is 15.7. The van der Waals surface area contributed by atoms with Crippen molar-refractivity contribution in [3.05, 3.63) is 31.3 Å². The lowest BCUT2D eigenvalue weighted by atomic mass is 9.94. The Balaban J connectivity index is 1.51. The summed E-state index contributed by atoms with van der Waals surface area (Å²) < 4.78 is 99.5. The number of methoxy groups -OCH3 is 1. The van der Waals surface area contributed by atoms with Gasteiger partial charge >= 0.3 is 11.9 Å². The number of hydrogen-bond donors (Lipinski definition) is 7. The minimum atomic E-state index is -2.12. The van der Waals surface area contributed by atoms with Crippen molar-refractivity contribution >= 4 is 11.9 Å². The van der Waals surface area contributed by atoms with E-state index in [9.17, 15) is 61.9 Å². The van der Waals surface area contributed by atoms with Gasteiger partial charge in [-0.25, -0.2) is 9.59 Å². The number of aliphatic carboxylic acids is 2. The van der Waals surface area contributed by atoms with E-state index in [-0.39, 0.29) is 39.6 Å². The van der Waals surface area contributed by atoms with E-state index in [2.05, 4.69) is 30.1 Å². The second kappa shape index (κ2) is 40.2. The van der Waals surface area contributed by atoms with Crippen LogP contribution >= 0.6 is 0 Å². The molecule has 5 aliphatic heterocycles. The van der Waals surface area contributed by atoms with Crippen LogP contribution < -0.4 is 0 Å². The fourth-order valence-corrected chi connectivity index (χ4v) is 10.9. The standard InChI is InChI=1S/C55H95N9O25/c1-8-14-20-75-38-30(27-66)83-53(34(61-64-58)40(38)76-21-15-9-2)87-45-43(79-24-18-12-5)48(80-25-19-13-6)55(89-47(45)50(72)73)84-37-29(26-65)82-52(32(35(37)68)59-62-56)86-44-42(78-23-17-11-4)36(69)54(88-46(44)49(70)71)85-39-31(28-67)81-51(74-7)33(60-63-57)41(39)77-22-16-10-3/h29-48,51-55,65-69H,8-28H2,1-7H3,(H,70,71)(H,72,73)/t29?,30?,31?,32?,33?,34?,35-,36+,37-,38-,39-,40-,41-,42?,43?,44-,45+,46?,47?,48+,51+,52+,53-,54-,55-/m1/s1. The van der Waals surface area contributed by atoms with Gasteiger partial charge in [-0.15, -0.1) is 0 Å². The number of azide groups is 3. The van der Waals surface area contributed by atoms with E-state index < -0.39 is 185 Å². The Bertz CT molecular complexity index is 2210. The lowest BCUT2D eigenvalue weighted by molar-refractivity contribution is -0.380. The number of rotatable bonds is 41. The molecule has 0 bridgehead atoms. The molecule has 5 fully saturated rings. The number of carboxylic acid groups (broad SMARTS) is 2. The number of carbonyl (C=O) groups is 2. The van der Waals surface area contributed by atoms with E-state index in [0.29, 0.717) is 64.2 Å². The van der Waals surface area contributed by atoms with Gasteiger partial charge in [-0.1, -0.05) is 95.4 Å². The highest BCUT2D eigenvalue weighted by Gasteiger charge is 2.60. The third kappa shape index (κ3) is 20.3. The van der Waals surface area contributed by atoms with Crippen LogP contribution in [0.15, 0.2) is 15.3 Å². The molecule has 0 aromatic rings. The Labute approximate surface area is 517 Å². The number of aliphatic hydroxyl groups excluding tert-OH is 5. The molecule has 10 unspecified atom stereocenters. The summed E-state index contributed by atoms with van der Waals surface area (Å²) in [5.41, 5.74) is 29.5. The highest BCUT2D eigenvalue weighted by Crippen LogP contribution is 2.40. The third-order valence-electron chi connectivity index (χ3n) is 15.7. The molecule has 34 heteroatoms. The van der Waals surface area contributed by atoms with E-state index in [1.54, 1.807) is 0 Å².